The van der Waals surface area contributed by atoms with Crippen LogP contribution in [0.4, 0.5) is 23.0 Å². The highest BCUT2D eigenvalue weighted by atomic mass is 16.5. The average Bonchev–Trinajstić information content (AvgIpc) is 3.49. The lowest BCUT2D eigenvalue weighted by atomic mass is 10.1. The zero-order valence-corrected chi connectivity index (χ0v) is 16.9. The standard InChI is InChI=1S/C23H21N7O/c1-3-19-17(5-7-24-19)13-16(1)20-14-23(30-22(27-20)6-8-26-30)28-21-4-2-18(15-25-21)29-9-11-31-12-10-29/h1-4,6-8,13-15H,5,9-12H2,(H,25,28). The van der Waals surface area contributed by atoms with Gasteiger partial charge in [0.15, 0.2) is 5.65 Å². The maximum atomic E-state index is 5.43. The number of aliphatic imine (C=N–C) groups is 1. The molecule has 2 aliphatic rings. The molecule has 154 valence electrons. The zero-order chi connectivity index (χ0) is 20.6. The van der Waals surface area contributed by atoms with Crippen LogP contribution in [0.1, 0.15) is 5.56 Å². The molecule has 1 aromatic carbocycles. The SMILES string of the molecule is C1=Nc2ccc(-c3cc(Nc4ccc(N5CCOCC5)cn4)n4nccc4n3)cc2C1. The van der Waals surface area contributed by atoms with E-state index in [9.17, 15) is 0 Å². The second kappa shape index (κ2) is 7.48. The van der Waals surface area contributed by atoms with Crippen molar-refractivity contribution >= 4 is 34.9 Å². The minimum Gasteiger partial charge on any atom is -0.378 e. The smallest absolute Gasteiger partial charge is 0.157 e. The molecule has 0 bridgehead atoms. The fourth-order valence-electron chi connectivity index (χ4n) is 4.03. The van der Waals surface area contributed by atoms with Gasteiger partial charge in [0.1, 0.15) is 11.6 Å². The Morgan fingerprint density at radius 2 is 1.94 bits per heavy atom. The molecule has 1 saturated heterocycles. The minimum absolute atomic E-state index is 0.756. The Kier molecular flexibility index (Phi) is 4.35. The van der Waals surface area contributed by atoms with E-state index in [2.05, 4.69) is 49.6 Å². The van der Waals surface area contributed by atoms with Crippen molar-refractivity contribution in [2.24, 2.45) is 4.99 Å². The summed E-state index contributed by atoms with van der Waals surface area (Å²) >= 11 is 0. The molecule has 8 nitrogen and oxygen atoms in total. The third kappa shape index (κ3) is 3.40. The summed E-state index contributed by atoms with van der Waals surface area (Å²) in [6, 6.07) is 14.3. The summed E-state index contributed by atoms with van der Waals surface area (Å²) in [6.07, 6.45) is 6.46. The molecule has 0 amide bonds. The first kappa shape index (κ1) is 18.0. The molecule has 0 spiro atoms. The number of morpholine rings is 1. The van der Waals surface area contributed by atoms with Crippen LogP contribution in [0.2, 0.25) is 0 Å². The van der Waals surface area contributed by atoms with Gasteiger partial charge in [-0.15, -0.1) is 0 Å². The van der Waals surface area contributed by atoms with Gasteiger partial charge in [0.05, 0.1) is 42.7 Å². The largest absolute Gasteiger partial charge is 0.378 e. The predicted octanol–water partition coefficient (Wildman–Crippen LogP) is 3.63. The Hall–Kier alpha value is -3.78. The molecule has 6 rings (SSSR count). The van der Waals surface area contributed by atoms with Gasteiger partial charge in [-0.1, -0.05) is 6.07 Å². The lowest BCUT2D eigenvalue weighted by molar-refractivity contribution is 0.122. The molecule has 0 saturated carbocycles. The van der Waals surface area contributed by atoms with Crippen molar-refractivity contribution in [2.45, 2.75) is 6.42 Å². The van der Waals surface area contributed by atoms with Crippen molar-refractivity contribution in [1.29, 1.82) is 0 Å². The monoisotopic (exact) mass is 411 g/mol. The highest BCUT2D eigenvalue weighted by Crippen LogP contribution is 2.31. The topological polar surface area (TPSA) is 79.9 Å². The van der Waals surface area contributed by atoms with E-state index in [-0.39, 0.29) is 0 Å². The third-order valence-electron chi connectivity index (χ3n) is 5.66. The van der Waals surface area contributed by atoms with Crippen LogP contribution in [0.25, 0.3) is 16.9 Å². The van der Waals surface area contributed by atoms with Crippen molar-refractivity contribution in [3.63, 3.8) is 0 Å². The van der Waals surface area contributed by atoms with Crippen LogP contribution >= 0.6 is 0 Å². The molecule has 1 N–H and O–H groups in total. The van der Waals surface area contributed by atoms with Gasteiger partial charge in [0, 0.05) is 43.4 Å². The van der Waals surface area contributed by atoms with E-state index in [0.717, 1.165) is 72.6 Å². The molecule has 31 heavy (non-hydrogen) atoms. The van der Waals surface area contributed by atoms with E-state index in [4.69, 9.17) is 9.72 Å². The van der Waals surface area contributed by atoms with E-state index in [1.807, 2.05) is 30.6 Å². The number of nitrogens with zero attached hydrogens (tertiary/aromatic N) is 6. The summed E-state index contributed by atoms with van der Waals surface area (Å²) in [5.74, 6) is 1.57. The Morgan fingerprint density at radius 3 is 2.81 bits per heavy atom. The average molecular weight is 411 g/mol. The van der Waals surface area contributed by atoms with Crippen LogP contribution in [0.3, 0.4) is 0 Å². The number of anilines is 3. The number of hydrogen-bond donors (Lipinski definition) is 1. The molecule has 4 aromatic rings. The summed E-state index contributed by atoms with van der Waals surface area (Å²) in [5, 5.41) is 7.83. The number of benzene rings is 1. The Morgan fingerprint density at radius 1 is 1.00 bits per heavy atom. The van der Waals surface area contributed by atoms with Gasteiger partial charge in [0.2, 0.25) is 0 Å². The van der Waals surface area contributed by atoms with Crippen LogP contribution in [0, 0.1) is 0 Å². The number of ether oxygens (including phenoxy) is 1. The molecule has 5 heterocycles. The van der Waals surface area contributed by atoms with Crippen LogP contribution in [0.5, 0.6) is 0 Å². The number of fused-ring (bicyclic) bond motifs is 2. The summed E-state index contributed by atoms with van der Waals surface area (Å²) in [5.41, 5.74) is 6.09. The summed E-state index contributed by atoms with van der Waals surface area (Å²) in [7, 11) is 0. The molecule has 3 aromatic heterocycles. The lowest BCUT2D eigenvalue weighted by Gasteiger charge is -2.28. The number of pyridine rings is 1. The minimum atomic E-state index is 0.756. The normalized spacial score (nSPS) is 15.4. The van der Waals surface area contributed by atoms with Crippen LogP contribution in [-0.2, 0) is 11.2 Å². The van der Waals surface area contributed by atoms with Gasteiger partial charge in [-0.05, 0) is 29.8 Å². The second-order valence-electron chi connectivity index (χ2n) is 7.61. The Labute approximate surface area is 179 Å². The van der Waals surface area contributed by atoms with Gasteiger partial charge in [0.25, 0.3) is 0 Å². The zero-order valence-electron chi connectivity index (χ0n) is 16.9. The second-order valence-corrected chi connectivity index (χ2v) is 7.61. The molecule has 0 aliphatic carbocycles. The van der Waals surface area contributed by atoms with Crippen molar-refractivity contribution in [2.75, 3.05) is 36.5 Å². The van der Waals surface area contributed by atoms with E-state index in [1.165, 1.54) is 5.56 Å². The molecule has 0 atom stereocenters. The summed E-state index contributed by atoms with van der Waals surface area (Å²) in [6.45, 7) is 3.29. The molecule has 0 radical (unpaired) electrons. The van der Waals surface area contributed by atoms with Crippen LogP contribution in [-0.4, -0.2) is 52.1 Å². The first-order chi connectivity index (χ1) is 15.3. The fraction of sp³-hybridized carbons (Fsp3) is 0.217. The van der Waals surface area contributed by atoms with Gasteiger partial charge in [-0.3, -0.25) is 4.99 Å². The highest BCUT2D eigenvalue weighted by molar-refractivity contribution is 5.79. The van der Waals surface area contributed by atoms with Crippen molar-refractivity contribution in [3.8, 4) is 11.3 Å². The van der Waals surface area contributed by atoms with Gasteiger partial charge in [-0.2, -0.15) is 9.61 Å². The molecule has 2 aliphatic heterocycles. The third-order valence-corrected chi connectivity index (χ3v) is 5.66. The summed E-state index contributed by atoms with van der Waals surface area (Å²) in [4.78, 5) is 16.1. The summed E-state index contributed by atoms with van der Waals surface area (Å²) < 4.78 is 7.22. The number of hydrogen-bond acceptors (Lipinski definition) is 7. The molecule has 1 fully saturated rings. The van der Waals surface area contributed by atoms with Gasteiger partial charge in [-0.25, -0.2) is 9.97 Å². The quantitative estimate of drug-likeness (QED) is 0.552. The van der Waals surface area contributed by atoms with Crippen LogP contribution in [0.15, 0.2) is 59.9 Å². The molecular weight excluding hydrogens is 390 g/mol. The van der Waals surface area contributed by atoms with Crippen LogP contribution < -0.4 is 10.2 Å². The lowest BCUT2D eigenvalue weighted by Crippen LogP contribution is -2.36. The number of rotatable bonds is 4. The maximum Gasteiger partial charge on any atom is 0.157 e. The Balaban J connectivity index is 1.32. The van der Waals surface area contributed by atoms with Crippen molar-refractivity contribution < 1.29 is 4.74 Å². The van der Waals surface area contributed by atoms with E-state index >= 15 is 0 Å². The van der Waals surface area contributed by atoms with Crippen molar-refractivity contribution in [3.05, 3.63) is 60.4 Å². The molecule has 0 unspecified atom stereocenters. The number of nitrogens with one attached hydrogen (secondary N) is 1. The fourth-order valence-corrected chi connectivity index (χ4v) is 4.03. The molecular formula is C23H21N7O. The molecule has 8 heteroatoms. The van der Waals surface area contributed by atoms with E-state index in [1.54, 1.807) is 10.7 Å². The van der Waals surface area contributed by atoms with E-state index < -0.39 is 0 Å². The van der Waals surface area contributed by atoms with Gasteiger partial charge < -0.3 is 15.0 Å². The predicted molar refractivity (Wildman–Crippen MR) is 121 cm³/mol. The van der Waals surface area contributed by atoms with Gasteiger partial charge >= 0.3 is 0 Å². The Bertz CT molecular complexity index is 1270. The highest BCUT2D eigenvalue weighted by Gasteiger charge is 2.14. The number of aromatic nitrogens is 4. The first-order valence-corrected chi connectivity index (χ1v) is 10.4. The first-order valence-electron chi connectivity index (χ1n) is 10.4. The van der Waals surface area contributed by atoms with E-state index in [0.29, 0.717) is 0 Å². The van der Waals surface area contributed by atoms with Crippen molar-refractivity contribution in [1.82, 2.24) is 19.6 Å². The maximum absolute atomic E-state index is 5.43.